The summed E-state index contributed by atoms with van der Waals surface area (Å²) in [7, 11) is -3.63. The van der Waals surface area contributed by atoms with Crippen LogP contribution in [0, 0.1) is 6.92 Å². The molecule has 3 aromatic rings. The second-order valence-corrected chi connectivity index (χ2v) is 7.36. The second-order valence-electron chi connectivity index (χ2n) is 4.70. The average molecular weight is 331 g/mol. The van der Waals surface area contributed by atoms with E-state index in [1.807, 2.05) is 31.2 Å². The number of sulfonamides is 1. The van der Waals surface area contributed by atoms with E-state index < -0.39 is 10.0 Å². The molecule has 0 spiro atoms. The van der Waals surface area contributed by atoms with Crippen LogP contribution < -0.4 is 4.72 Å². The molecule has 0 saturated heterocycles. The number of nitrogens with one attached hydrogen (secondary N) is 1. The van der Waals surface area contributed by atoms with Crippen molar-refractivity contribution in [2.45, 2.75) is 11.8 Å². The number of hydrogen-bond donors (Lipinski definition) is 1. The summed E-state index contributed by atoms with van der Waals surface area (Å²) in [5.41, 5.74) is 2.06. The van der Waals surface area contributed by atoms with Crippen LogP contribution in [0.15, 0.2) is 59.5 Å². The molecule has 0 saturated carbocycles. The minimum atomic E-state index is -3.63. The lowest BCUT2D eigenvalue weighted by molar-refractivity contribution is 0.601. The van der Waals surface area contributed by atoms with Gasteiger partial charge in [0, 0.05) is 5.56 Å². The van der Waals surface area contributed by atoms with E-state index in [9.17, 15) is 8.42 Å². The molecule has 5 nitrogen and oxygen atoms in total. The predicted octanol–water partition coefficient (Wildman–Crippen LogP) is 3.31. The summed E-state index contributed by atoms with van der Waals surface area (Å²) in [6.07, 6.45) is 0. The molecule has 0 aliphatic heterocycles. The molecule has 0 amide bonds. The van der Waals surface area contributed by atoms with E-state index in [1.54, 1.807) is 18.2 Å². The Kier molecular flexibility index (Phi) is 3.91. The van der Waals surface area contributed by atoms with Crippen LogP contribution in [0.4, 0.5) is 5.13 Å². The van der Waals surface area contributed by atoms with Crippen molar-refractivity contribution in [2.75, 3.05) is 4.72 Å². The molecule has 0 bridgehead atoms. The van der Waals surface area contributed by atoms with E-state index in [2.05, 4.69) is 14.9 Å². The van der Waals surface area contributed by atoms with E-state index in [-0.39, 0.29) is 10.0 Å². The summed E-state index contributed by atoms with van der Waals surface area (Å²) in [6.45, 7) is 2.00. The third-order valence-electron chi connectivity index (χ3n) is 3.00. The monoisotopic (exact) mass is 331 g/mol. The highest BCUT2D eigenvalue weighted by Gasteiger charge is 2.16. The van der Waals surface area contributed by atoms with Gasteiger partial charge in [-0.05, 0) is 19.1 Å². The summed E-state index contributed by atoms with van der Waals surface area (Å²) in [5.74, 6) is 0. The smallest absolute Gasteiger partial charge is 0.253 e. The molecule has 112 valence electrons. The molecule has 0 atom stereocenters. The summed E-state index contributed by atoms with van der Waals surface area (Å²) >= 11 is 1.20. The van der Waals surface area contributed by atoms with Crippen molar-refractivity contribution in [1.82, 2.24) is 10.2 Å². The van der Waals surface area contributed by atoms with Crippen molar-refractivity contribution in [3.8, 4) is 10.6 Å². The van der Waals surface area contributed by atoms with Gasteiger partial charge in [-0.3, -0.25) is 4.72 Å². The van der Waals surface area contributed by atoms with Crippen molar-refractivity contribution >= 4 is 26.5 Å². The lowest BCUT2D eigenvalue weighted by Crippen LogP contribution is -2.12. The van der Waals surface area contributed by atoms with Crippen LogP contribution in [0.25, 0.3) is 10.6 Å². The van der Waals surface area contributed by atoms with Gasteiger partial charge in [0.25, 0.3) is 10.0 Å². The van der Waals surface area contributed by atoms with Gasteiger partial charge in [-0.2, -0.15) is 0 Å². The first kappa shape index (κ1) is 14.7. The highest BCUT2D eigenvalue weighted by Crippen LogP contribution is 2.27. The summed E-state index contributed by atoms with van der Waals surface area (Å²) < 4.78 is 26.9. The summed E-state index contributed by atoms with van der Waals surface area (Å²) in [4.78, 5) is 0.196. The van der Waals surface area contributed by atoms with Gasteiger partial charge in [-0.15, -0.1) is 10.2 Å². The lowest BCUT2D eigenvalue weighted by atomic mass is 10.2. The topological polar surface area (TPSA) is 72.0 Å². The van der Waals surface area contributed by atoms with Crippen LogP contribution in [-0.4, -0.2) is 18.6 Å². The van der Waals surface area contributed by atoms with E-state index in [0.717, 1.165) is 11.1 Å². The maximum atomic E-state index is 12.2. The van der Waals surface area contributed by atoms with E-state index in [0.29, 0.717) is 5.01 Å². The molecule has 0 aliphatic rings. The largest absolute Gasteiger partial charge is 0.263 e. The van der Waals surface area contributed by atoms with Crippen molar-refractivity contribution in [2.24, 2.45) is 0 Å². The number of nitrogens with zero attached hydrogens (tertiary/aromatic N) is 2. The molecule has 0 aliphatic carbocycles. The molecule has 0 unspecified atom stereocenters. The van der Waals surface area contributed by atoms with Crippen LogP contribution >= 0.6 is 11.3 Å². The maximum Gasteiger partial charge on any atom is 0.263 e. The number of hydrogen-bond acceptors (Lipinski definition) is 5. The van der Waals surface area contributed by atoms with Gasteiger partial charge in [0.05, 0.1) is 4.90 Å². The Morgan fingerprint density at radius 2 is 1.64 bits per heavy atom. The molecule has 1 heterocycles. The molecule has 2 aromatic carbocycles. The zero-order valence-electron chi connectivity index (χ0n) is 11.7. The summed E-state index contributed by atoms with van der Waals surface area (Å²) in [6, 6.07) is 16.0. The molecule has 3 rings (SSSR count). The third-order valence-corrected chi connectivity index (χ3v) is 5.37. The van der Waals surface area contributed by atoms with E-state index in [1.165, 1.54) is 23.5 Å². The molecule has 0 radical (unpaired) electrons. The van der Waals surface area contributed by atoms with Gasteiger partial charge in [-0.1, -0.05) is 59.4 Å². The minimum Gasteiger partial charge on any atom is -0.253 e. The van der Waals surface area contributed by atoms with E-state index in [4.69, 9.17) is 0 Å². The lowest BCUT2D eigenvalue weighted by Gasteiger charge is -2.03. The third kappa shape index (κ3) is 3.15. The number of aryl methyl sites for hydroxylation is 1. The quantitative estimate of drug-likeness (QED) is 0.796. The highest BCUT2D eigenvalue weighted by atomic mass is 32.2. The highest BCUT2D eigenvalue weighted by molar-refractivity contribution is 7.93. The zero-order valence-corrected chi connectivity index (χ0v) is 13.4. The minimum absolute atomic E-state index is 0.196. The van der Waals surface area contributed by atoms with Gasteiger partial charge >= 0.3 is 0 Å². The second kappa shape index (κ2) is 5.86. The van der Waals surface area contributed by atoms with Gasteiger partial charge in [0.1, 0.15) is 5.01 Å². The van der Waals surface area contributed by atoms with E-state index >= 15 is 0 Å². The van der Waals surface area contributed by atoms with Crippen molar-refractivity contribution in [3.05, 3.63) is 60.2 Å². The van der Waals surface area contributed by atoms with Crippen LogP contribution in [0.5, 0.6) is 0 Å². The fourth-order valence-electron chi connectivity index (χ4n) is 1.85. The van der Waals surface area contributed by atoms with Crippen LogP contribution in [0.3, 0.4) is 0 Å². The van der Waals surface area contributed by atoms with Gasteiger partial charge in [0.15, 0.2) is 0 Å². The van der Waals surface area contributed by atoms with Crippen LogP contribution in [-0.2, 0) is 10.0 Å². The Bertz CT molecular complexity index is 873. The molecule has 1 N–H and O–H groups in total. The first-order chi connectivity index (χ1) is 10.5. The molecule has 7 heteroatoms. The Morgan fingerprint density at radius 1 is 0.955 bits per heavy atom. The number of anilines is 1. The fourth-order valence-corrected chi connectivity index (χ4v) is 3.85. The van der Waals surface area contributed by atoms with Crippen LogP contribution in [0.1, 0.15) is 5.56 Å². The first-order valence-electron chi connectivity index (χ1n) is 6.53. The van der Waals surface area contributed by atoms with Gasteiger partial charge < -0.3 is 0 Å². The molecule has 22 heavy (non-hydrogen) atoms. The Hall–Kier alpha value is -2.25. The SMILES string of the molecule is Cc1ccc(-c2nnc(NS(=O)(=O)c3ccccc3)s2)cc1. The Morgan fingerprint density at radius 3 is 2.32 bits per heavy atom. The fraction of sp³-hybridized carbons (Fsp3) is 0.0667. The molecule has 1 aromatic heterocycles. The van der Waals surface area contributed by atoms with Crippen molar-refractivity contribution in [1.29, 1.82) is 0 Å². The molecule has 0 fully saturated rings. The molecular formula is C15H13N3O2S2. The van der Waals surface area contributed by atoms with Crippen molar-refractivity contribution in [3.63, 3.8) is 0 Å². The Labute approximate surface area is 132 Å². The normalized spacial score (nSPS) is 11.3. The average Bonchev–Trinajstić information content (AvgIpc) is 2.97. The summed E-state index contributed by atoms with van der Waals surface area (Å²) in [5, 5.41) is 8.86. The predicted molar refractivity (Wildman–Crippen MR) is 87.3 cm³/mol. The standard InChI is InChI=1S/C15H13N3O2S2/c1-11-7-9-12(10-8-11)14-16-17-15(21-14)18-22(19,20)13-5-3-2-4-6-13/h2-10H,1H3,(H,17,18). The zero-order chi connectivity index (χ0) is 15.6. The van der Waals surface area contributed by atoms with Crippen molar-refractivity contribution < 1.29 is 8.42 Å². The molecular weight excluding hydrogens is 318 g/mol. The van der Waals surface area contributed by atoms with Crippen LogP contribution in [0.2, 0.25) is 0 Å². The van der Waals surface area contributed by atoms with Gasteiger partial charge in [-0.25, -0.2) is 8.42 Å². The number of aromatic nitrogens is 2. The first-order valence-corrected chi connectivity index (χ1v) is 8.83. The Balaban J connectivity index is 1.84. The number of rotatable bonds is 4. The van der Waals surface area contributed by atoms with Gasteiger partial charge in [0.2, 0.25) is 5.13 Å². The number of benzene rings is 2. The maximum absolute atomic E-state index is 12.2.